The molecule has 0 saturated carbocycles. The first-order valence-electron chi connectivity index (χ1n) is 5.90. The van der Waals surface area contributed by atoms with Gasteiger partial charge in [0.2, 0.25) is 0 Å². The second kappa shape index (κ2) is 5.14. The SMILES string of the molecule is CCC(CO)CCc1c[nH]c2c(=O)[nH]cnc12. The van der Waals surface area contributed by atoms with Gasteiger partial charge in [0.25, 0.3) is 5.56 Å². The summed E-state index contributed by atoms with van der Waals surface area (Å²) < 4.78 is 0. The Balaban J connectivity index is 2.20. The van der Waals surface area contributed by atoms with Gasteiger partial charge in [0.05, 0.1) is 11.8 Å². The molecule has 5 nitrogen and oxygen atoms in total. The van der Waals surface area contributed by atoms with Gasteiger partial charge in [0.1, 0.15) is 5.52 Å². The van der Waals surface area contributed by atoms with E-state index in [1.165, 1.54) is 6.33 Å². The van der Waals surface area contributed by atoms with E-state index in [4.69, 9.17) is 5.11 Å². The van der Waals surface area contributed by atoms with Crippen LogP contribution in [-0.2, 0) is 6.42 Å². The lowest BCUT2D eigenvalue weighted by Crippen LogP contribution is -2.07. The third-order valence-electron chi connectivity index (χ3n) is 3.21. The second-order valence-corrected chi connectivity index (χ2v) is 4.26. The molecule has 0 radical (unpaired) electrons. The number of aromatic amines is 2. The summed E-state index contributed by atoms with van der Waals surface area (Å²) in [5.41, 5.74) is 2.16. The Labute approximate surface area is 98.9 Å². The molecule has 2 aromatic heterocycles. The lowest BCUT2D eigenvalue weighted by atomic mass is 9.99. The van der Waals surface area contributed by atoms with Crippen LogP contribution < -0.4 is 5.56 Å². The van der Waals surface area contributed by atoms with Crippen LogP contribution in [0.5, 0.6) is 0 Å². The van der Waals surface area contributed by atoms with Crippen molar-refractivity contribution in [3.8, 4) is 0 Å². The Morgan fingerprint density at radius 2 is 2.29 bits per heavy atom. The number of nitrogens with one attached hydrogen (secondary N) is 2. The van der Waals surface area contributed by atoms with Crippen LogP contribution in [0.4, 0.5) is 0 Å². The van der Waals surface area contributed by atoms with Gasteiger partial charge in [-0.3, -0.25) is 4.79 Å². The molecular formula is C12H17N3O2. The zero-order valence-corrected chi connectivity index (χ0v) is 9.86. The van der Waals surface area contributed by atoms with E-state index in [9.17, 15) is 4.79 Å². The fourth-order valence-corrected chi connectivity index (χ4v) is 1.98. The average molecular weight is 235 g/mol. The van der Waals surface area contributed by atoms with Crippen LogP contribution >= 0.6 is 0 Å². The summed E-state index contributed by atoms with van der Waals surface area (Å²) in [5.74, 6) is 0.321. The van der Waals surface area contributed by atoms with E-state index in [0.717, 1.165) is 30.3 Å². The van der Waals surface area contributed by atoms with Crippen molar-refractivity contribution in [1.82, 2.24) is 15.0 Å². The molecule has 92 valence electrons. The number of aromatic nitrogens is 3. The lowest BCUT2D eigenvalue weighted by molar-refractivity contribution is 0.215. The maximum absolute atomic E-state index is 11.5. The first kappa shape index (κ1) is 11.9. The highest BCUT2D eigenvalue weighted by atomic mass is 16.3. The molecule has 1 atom stereocenters. The molecule has 0 aliphatic heterocycles. The maximum atomic E-state index is 11.5. The van der Waals surface area contributed by atoms with Crippen molar-refractivity contribution in [3.63, 3.8) is 0 Å². The number of nitrogens with zero attached hydrogens (tertiary/aromatic N) is 1. The largest absolute Gasteiger partial charge is 0.396 e. The van der Waals surface area contributed by atoms with Crippen LogP contribution in [0, 0.1) is 5.92 Å². The summed E-state index contributed by atoms with van der Waals surface area (Å²) in [5, 5.41) is 9.13. The van der Waals surface area contributed by atoms with Crippen LogP contribution in [0.25, 0.3) is 11.0 Å². The minimum atomic E-state index is -0.143. The fraction of sp³-hybridized carbons (Fsp3) is 0.500. The number of hydrogen-bond acceptors (Lipinski definition) is 3. The summed E-state index contributed by atoms with van der Waals surface area (Å²) in [4.78, 5) is 21.1. The van der Waals surface area contributed by atoms with Crippen molar-refractivity contribution in [2.75, 3.05) is 6.61 Å². The van der Waals surface area contributed by atoms with Crippen LogP contribution in [-0.4, -0.2) is 26.7 Å². The minimum absolute atomic E-state index is 0.143. The minimum Gasteiger partial charge on any atom is -0.396 e. The Hall–Kier alpha value is -1.62. The molecule has 3 N–H and O–H groups in total. The number of fused-ring (bicyclic) bond motifs is 1. The molecule has 17 heavy (non-hydrogen) atoms. The highest BCUT2D eigenvalue weighted by Crippen LogP contribution is 2.17. The van der Waals surface area contributed by atoms with Crippen molar-refractivity contribution in [3.05, 3.63) is 28.4 Å². The van der Waals surface area contributed by atoms with E-state index in [1.54, 1.807) is 0 Å². The van der Waals surface area contributed by atoms with Crippen LogP contribution in [0.15, 0.2) is 17.3 Å². The van der Waals surface area contributed by atoms with Gasteiger partial charge in [-0.15, -0.1) is 0 Å². The van der Waals surface area contributed by atoms with E-state index in [-0.39, 0.29) is 12.2 Å². The molecule has 0 aliphatic rings. The molecule has 0 bridgehead atoms. The topological polar surface area (TPSA) is 81.8 Å². The van der Waals surface area contributed by atoms with Crippen LogP contribution in [0.3, 0.4) is 0 Å². The predicted molar refractivity (Wildman–Crippen MR) is 65.9 cm³/mol. The highest BCUT2D eigenvalue weighted by Gasteiger charge is 2.10. The third-order valence-corrected chi connectivity index (χ3v) is 3.21. The van der Waals surface area contributed by atoms with Gasteiger partial charge in [-0.1, -0.05) is 13.3 Å². The maximum Gasteiger partial charge on any atom is 0.275 e. The van der Waals surface area contributed by atoms with Gasteiger partial charge in [0.15, 0.2) is 0 Å². The van der Waals surface area contributed by atoms with Gasteiger partial charge in [-0.05, 0) is 24.3 Å². The summed E-state index contributed by atoms with van der Waals surface area (Å²) in [6.45, 7) is 2.28. The first-order chi connectivity index (χ1) is 8.26. The number of aryl methyl sites for hydroxylation is 1. The van der Waals surface area contributed by atoms with Crippen molar-refractivity contribution in [2.24, 2.45) is 5.92 Å². The van der Waals surface area contributed by atoms with E-state index < -0.39 is 0 Å². The van der Waals surface area contributed by atoms with Crippen LogP contribution in [0.1, 0.15) is 25.3 Å². The zero-order chi connectivity index (χ0) is 12.3. The summed E-state index contributed by atoms with van der Waals surface area (Å²) >= 11 is 0. The highest BCUT2D eigenvalue weighted by molar-refractivity contribution is 5.77. The zero-order valence-electron chi connectivity index (χ0n) is 9.86. The Bertz CT molecular complexity index is 540. The molecule has 5 heteroatoms. The molecule has 0 saturated heterocycles. The van der Waals surface area contributed by atoms with E-state index >= 15 is 0 Å². The van der Waals surface area contributed by atoms with Gasteiger partial charge in [-0.2, -0.15) is 0 Å². The van der Waals surface area contributed by atoms with Gasteiger partial charge >= 0.3 is 0 Å². The molecule has 0 amide bonds. The summed E-state index contributed by atoms with van der Waals surface area (Å²) in [6.07, 6.45) is 5.96. The standard InChI is InChI=1S/C12H17N3O2/c1-2-8(6-16)3-4-9-5-13-11-10(9)14-7-15-12(11)17/h5,7-8,13,16H,2-4,6H2,1H3,(H,14,15,17). The molecule has 0 aliphatic carbocycles. The molecule has 2 aromatic rings. The van der Waals surface area contributed by atoms with E-state index in [0.29, 0.717) is 11.4 Å². The number of hydrogen-bond donors (Lipinski definition) is 3. The predicted octanol–water partition coefficient (Wildman–Crippen LogP) is 1.20. The number of aliphatic hydroxyl groups is 1. The lowest BCUT2D eigenvalue weighted by Gasteiger charge is -2.09. The van der Waals surface area contributed by atoms with Gasteiger partial charge in [0, 0.05) is 12.8 Å². The number of H-pyrrole nitrogens is 2. The quantitative estimate of drug-likeness (QED) is 0.728. The fourth-order valence-electron chi connectivity index (χ4n) is 1.98. The van der Waals surface area contributed by atoms with Crippen molar-refractivity contribution < 1.29 is 5.11 Å². The molecule has 2 rings (SSSR count). The Kier molecular flexibility index (Phi) is 3.58. The molecule has 2 heterocycles. The number of aliphatic hydroxyl groups excluding tert-OH is 1. The first-order valence-corrected chi connectivity index (χ1v) is 5.90. The molecule has 1 unspecified atom stereocenters. The van der Waals surface area contributed by atoms with Crippen molar-refractivity contribution in [1.29, 1.82) is 0 Å². The smallest absolute Gasteiger partial charge is 0.275 e. The molecule has 0 spiro atoms. The molecule has 0 fully saturated rings. The van der Waals surface area contributed by atoms with Crippen molar-refractivity contribution >= 4 is 11.0 Å². The van der Waals surface area contributed by atoms with Crippen molar-refractivity contribution in [2.45, 2.75) is 26.2 Å². The van der Waals surface area contributed by atoms with Gasteiger partial charge in [-0.25, -0.2) is 4.98 Å². The Morgan fingerprint density at radius 3 is 3.00 bits per heavy atom. The number of rotatable bonds is 5. The third kappa shape index (κ3) is 2.39. The second-order valence-electron chi connectivity index (χ2n) is 4.26. The summed E-state index contributed by atoms with van der Waals surface area (Å²) in [7, 11) is 0. The van der Waals surface area contributed by atoms with E-state index in [1.807, 2.05) is 6.20 Å². The molecular weight excluding hydrogens is 218 g/mol. The monoisotopic (exact) mass is 235 g/mol. The summed E-state index contributed by atoms with van der Waals surface area (Å²) in [6, 6.07) is 0. The Morgan fingerprint density at radius 1 is 1.47 bits per heavy atom. The van der Waals surface area contributed by atoms with E-state index in [2.05, 4.69) is 21.9 Å². The average Bonchev–Trinajstić information content (AvgIpc) is 2.75. The normalized spacial score (nSPS) is 13.1. The van der Waals surface area contributed by atoms with Crippen LogP contribution in [0.2, 0.25) is 0 Å². The molecule has 0 aromatic carbocycles. The van der Waals surface area contributed by atoms with Gasteiger partial charge < -0.3 is 15.1 Å².